The van der Waals surface area contributed by atoms with Gasteiger partial charge in [-0.2, -0.15) is 0 Å². The maximum atomic E-state index is 12.4. The third kappa shape index (κ3) is 2.81. The van der Waals surface area contributed by atoms with Crippen molar-refractivity contribution in [3.8, 4) is 0 Å². The maximum Gasteiger partial charge on any atom is 0.225 e. The predicted octanol–water partition coefficient (Wildman–Crippen LogP) is 2.51. The lowest BCUT2D eigenvalue weighted by molar-refractivity contribution is -0.138. The predicted molar refractivity (Wildman–Crippen MR) is 81.0 cm³/mol. The normalized spacial score (nSPS) is 20.5. The average molecular weight is 328 g/mol. The van der Waals surface area contributed by atoms with E-state index in [9.17, 15) is 13.2 Å². The number of amides is 1. The lowest BCUT2D eigenvalue weighted by Gasteiger charge is -2.40. The summed E-state index contributed by atoms with van der Waals surface area (Å²) in [7, 11) is -3.36. The fourth-order valence-corrected chi connectivity index (χ4v) is 4.84. The lowest BCUT2D eigenvalue weighted by atomic mass is 10.0. The molecule has 2 fully saturated rings. The van der Waals surface area contributed by atoms with Gasteiger partial charge in [-0.05, 0) is 37.1 Å². The van der Waals surface area contributed by atoms with Crippen LogP contribution in [0.25, 0.3) is 0 Å². The Bertz CT molecular complexity index is 629. The highest BCUT2D eigenvalue weighted by atomic mass is 35.5. The second-order valence-electron chi connectivity index (χ2n) is 5.85. The Morgan fingerprint density at radius 2 is 1.67 bits per heavy atom. The summed E-state index contributed by atoms with van der Waals surface area (Å²) in [6.45, 7) is 0.639. The van der Waals surface area contributed by atoms with Gasteiger partial charge in [0.15, 0.2) is 9.84 Å². The maximum absolute atomic E-state index is 12.4. The molecule has 1 aromatic rings. The number of carbonyl (C=O) groups excluding carboxylic acids is 1. The lowest BCUT2D eigenvalue weighted by Crippen LogP contribution is -2.58. The number of hydrogen-bond donors (Lipinski definition) is 0. The van der Waals surface area contributed by atoms with E-state index >= 15 is 0 Å². The minimum Gasteiger partial charge on any atom is -0.340 e. The van der Waals surface area contributed by atoms with Gasteiger partial charge >= 0.3 is 0 Å². The van der Waals surface area contributed by atoms with Gasteiger partial charge in [0, 0.05) is 24.0 Å². The molecule has 21 heavy (non-hydrogen) atoms. The quantitative estimate of drug-likeness (QED) is 0.857. The molecule has 6 heteroatoms. The molecular weight excluding hydrogens is 310 g/mol. The Morgan fingerprint density at radius 1 is 1.10 bits per heavy atom. The molecule has 2 aliphatic rings. The molecule has 0 N–H and O–H groups in total. The molecule has 1 aliphatic carbocycles. The summed E-state index contributed by atoms with van der Waals surface area (Å²) in [5.41, 5.74) is 0. The molecule has 0 aromatic heterocycles. The summed E-state index contributed by atoms with van der Waals surface area (Å²) < 4.78 is 24.9. The van der Waals surface area contributed by atoms with Gasteiger partial charge in [0.1, 0.15) is 5.25 Å². The summed E-state index contributed by atoms with van der Waals surface area (Å²) in [5, 5.41) is 0.0321. The van der Waals surface area contributed by atoms with Gasteiger partial charge in [0.05, 0.1) is 4.90 Å². The van der Waals surface area contributed by atoms with Crippen molar-refractivity contribution in [2.45, 2.75) is 35.8 Å². The smallest absolute Gasteiger partial charge is 0.225 e. The van der Waals surface area contributed by atoms with E-state index in [4.69, 9.17) is 11.6 Å². The van der Waals surface area contributed by atoms with Crippen molar-refractivity contribution in [3.05, 3.63) is 29.3 Å². The van der Waals surface area contributed by atoms with Crippen LogP contribution in [0, 0.1) is 5.92 Å². The third-order valence-electron chi connectivity index (χ3n) is 4.45. The largest absolute Gasteiger partial charge is 0.340 e. The molecule has 1 aliphatic heterocycles. The molecule has 0 radical (unpaired) electrons. The summed E-state index contributed by atoms with van der Waals surface area (Å²) in [5.74, 6) is 0.249. The van der Waals surface area contributed by atoms with Crippen LogP contribution in [0.1, 0.15) is 25.7 Å². The van der Waals surface area contributed by atoms with Crippen molar-refractivity contribution in [2.75, 3.05) is 13.1 Å². The van der Waals surface area contributed by atoms with Crippen LogP contribution in [-0.4, -0.2) is 37.6 Å². The van der Waals surface area contributed by atoms with Gasteiger partial charge in [0.2, 0.25) is 5.91 Å². The number of likely N-dealkylation sites (tertiary alicyclic amines) is 1. The molecule has 1 heterocycles. The molecule has 0 atom stereocenters. The minimum atomic E-state index is -3.36. The Hall–Kier alpha value is -1.07. The average Bonchev–Trinajstić information content (AvgIpc) is 2.90. The van der Waals surface area contributed by atoms with Gasteiger partial charge in [-0.3, -0.25) is 4.79 Å². The Labute approximate surface area is 130 Å². The second kappa shape index (κ2) is 5.61. The molecule has 0 spiro atoms. The fraction of sp³-hybridized carbons (Fsp3) is 0.533. The summed E-state index contributed by atoms with van der Waals surface area (Å²) in [4.78, 5) is 14.2. The standard InChI is InChI=1S/C15H18ClNO3S/c16-12-5-7-13(8-6-12)21(19,20)14-9-17(10-14)15(18)11-3-1-2-4-11/h5-8,11,14H,1-4,9-10H2. The zero-order valence-corrected chi connectivity index (χ0v) is 13.2. The van der Waals surface area contributed by atoms with Crippen LogP contribution >= 0.6 is 11.6 Å². The van der Waals surface area contributed by atoms with Gasteiger partial charge in [-0.15, -0.1) is 0 Å². The molecule has 0 bridgehead atoms. The third-order valence-corrected chi connectivity index (χ3v) is 6.80. The summed E-state index contributed by atoms with van der Waals surface area (Å²) in [6.07, 6.45) is 4.11. The Balaban J connectivity index is 1.65. The van der Waals surface area contributed by atoms with Crippen molar-refractivity contribution in [1.82, 2.24) is 4.90 Å². The van der Waals surface area contributed by atoms with Gasteiger partial charge < -0.3 is 4.90 Å². The van der Waals surface area contributed by atoms with Gasteiger partial charge in [-0.25, -0.2) is 8.42 Å². The molecule has 114 valence electrons. The number of rotatable bonds is 3. The van der Waals surface area contributed by atoms with Crippen LogP contribution in [-0.2, 0) is 14.6 Å². The van der Waals surface area contributed by atoms with Crippen LogP contribution in [0.3, 0.4) is 0 Å². The molecule has 4 nitrogen and oxygen atoms in total. The van der Waals surface area contributed by atoms with E-state index in [1.54, 1.807) is 17.0 Å². The van der Waals surface area contributed by atoms with E-state index in [0.717, 1.165) is 25.7 Å². The number of nitrogens with zero attached hydrogens (tertiary/aromatic N) is 1. The van der Waals surface area contributed by atoms with Crippen molar-refractivity contribution in [2.24, 2.45) is 5.92 Å². The molecule has 1 amide bonds. The number of halogens is 1. The first-order chi connectivity index (χ1) is 9.98. The second-order valence-corrected chi connectivity index (χ2v) is 8.51. The van der Waals surface area contributed by atoms with E-state index < -0.39 is 15.1 Å². The molecule has 1 aromatic carbocycles. The first-order valence-corrected chi connectivity index (χ1v) is 9.19. The van der Waals surface area contributed by atoms with E-state index in [1.807, 2.05) is 0 Å². The summed E-state index contributed by atoms with van der Waals surface area (Å²) in [6, 6.07) is 6.21. The van der Waals surface area contributed by atoms with Gasteiger partial charge in [-0.1, -0.05) is 24.4 Å². The van der Waals surface area contributed by atoms with Crippen molar-refractivity contribution >= 4 is 27.3 Å². The van der Waals surface area contributed by atoms with E-state index in [-0.39, 0.29) is 16.7 Å². The molecule has 1 saturated heterocycles. The first-order valence-electron chi connectivity index (χ1n) is 7.27. The van der Waals surface area contributed by atoms with Crippen molar-refractivity contribution in [3.63, 3.8) is 0 Å². The van der Waals surface area contributed by atoms with Crippen molar-refractivity contribution < 1.29 is 13.2 Å². The van der Waals surface area contributed by atoms with Crippen LogP contribution in [0.15, 0.2) is 29.2 Å². The topological polar surface area (TPSA) is 54.5 Å². The van der Waals surface area contributed by atoms with Crippen LogP contribution < -0.4 is 0 Å². The Morgan fingerprint density at radius 3 is 2.24 bits per heavy atom. The zero-order chi connectivity index (χ0) is 15.0. The van der Waals surface area contributed by atoms with E-state index in [2.05, 4.69) is 0 Å². The monoisotopic (exact) mass is 327 g/mol. The molecule has 3 rings (SSSR count). The highest BCUT2D eigenvalue weighted by Crippen LogP contribution is 2.31. The van der Waals surface area contributed by atoms with Crippen molar-refractivity contribution in [1.29, 1.82) is 0 Å². The first kappa shape index (κ1) is 14.9. The highest BCUT2D eigenvalue weighted by Gasteiger charge is 2.42. The highest BCUT2D eigenvalue weighted by molar-refractivity contribution is 7.92. The van der Waals surface area contributed by atoms with E-state index in [1.165, 1.54) is 12.1 Å². The zero-order valence-electron chi connectivity index (χ0n) is 11.7. The van der Waals surface area contributed by atoms with Crippen LogP contribution in [0.4, 0.5) is 0 Å². The molecule has 1 saturated carbocycles. The Kier molecular flexibility index (Phi) is 3.97. The molecule has 0 unspecified atom stereocenters. The number of hydrogen-bond acceptors (Lipinski definition) is 3. The van der Waals surface area contributed by atoms with Crippen LogP contribution in [0.2, 0.25) is 5.02 Å². The number of sulfone groups is 1. The van der Waals surface area contributed by atoms with Gasteiger partial charge in [0.25, 0.3) is 0 Å². The van der Waals surface area contributed by atoms with Crippen LogP contribution in [0.5, 0.6) is 0 Å². The van der Waals surface area contributed by atoms with E-state index in [0.29, 0.717) is 18.1 Å². The molecular formula is C15H18ClNO3S. The minimum absolute atomic E-state index is 0.115. The number of benzene rings is 1. The number of carbonyl (C=O) groups is 1. The summed E-state index contributed by atoms with van der Waals surface area (Å²) >= 11 is 5.78. The fourth-order valence-electron chi connectivity index (χ4n) is 3.06. The SMILES string of the molecule is O=C(C1CCCC1)N1CC(S(=O)(=O)c2ccc(Cl)cc2)C1.